The van der Waals surface area contributed by atoms with Gasteiger partial charge in [-0.3, -0.25) is 38.8 Å². The predicted octanol–water partition coefficient (Wildman–Crippen LogP) is 0.522. The second-order valence-electron chi connectivity index (χ2n) is 6.29. The molecule has 8 amide bonds. The van der Waals surface area contributed by atoms with E-state index in [1.807, 2.05) is 0 Å². The number of likely N-dealkylation sites (N-methyl/N-ethyl adjacent to an activating group) is 2. The lowest BCUT2D eigenvalue weighted by molar-refractivity contribution is -0.145. The maximum Gasteiger partial charge on any atom is 0.333 e. The van der Waals surface area contributed by atoms with Crippen molar-refractivity contribution in [1.82, 2.24) is 19.6 Å². The summed E-state index contributed by atoms with van der Waals surface area (Å²) in [4.78, 5) is 76.3. The number of allylic oxidation sites excluding steroid dienone is 4. The molecule has 2 heterocycles. The van der Waals surface area contributed by atoms with E-state index in [2.05, 4.69) is 0 Å². The topological polar surface area (TPSA) is 115 Å². The van der Waals surface area contributed by atoms with E-state index in [0.717, 1.165) is 19.6 Å². The van der Waals surface area contributed by atoms with E-state index in [0.29, 0.717) is 0 Å². The summed E-state index contributed by atoms with van der Waals surface area (Å²) >= 11 is 0. The Bertz CT molecular complexity index is 820. The Morgan fingerprint density at radius 2 is 1.21 bits per heavy atom. The number of nitrogens with zero attached hydrogens (tertiary/aromatic N) is 4. The molecule has 0 unspecified atom stereocenters. The van der Waals surface area contributed by atoms with Crippen molar-refractivity contribution in [3.8, 4) is 0 Å². The van der Waals surface area contributed by atoms with Crippen LogP contribution >= 0.6 is 0 Å². The molecule has 29 heavy (non-hydrogen) atoms. The Kier molecular flexibility index (Phi) is 6.47. The Morgan fingerprint density at radius 1 is 0.724 bits per heavy atom. The minimum atomic E-state index is -1.14. The van der Waals surface area contributed by atoms with Crippen molar-refractivity contribution in [2.24, 2.45) is 5.92 Å². The molecular weight excluding hydrogens is 380 g/mol. The minimum Gasteiger partial charge on any atom is -0.273 e. The summed E-state index contributed by atoms with van der Waals surface area (Å²) in [5.74, 6) is -3.79. The van der Waals surface area contributed by atoms with Crippen LogP contribution in [-0.4, -0.2) is 82.5 Å². The average Bonchev–Trinajstić information content (AvgIpc) is 2.69. The molecule has 0 radical (unpaired) electrons. The first-order valence-corrected chi connectivity index (χ1v) is 8.99. The SMILES string of the molecule is CCN1C(=O)C(=C/C=C/C=CC2C(=O)N(C)C(=O)N(C)C2=O)C(=O)N(CC)C1=O. The fraction of sp³-hybridized carbons (Fsp3) is 0.368. The largest absolute Gasteiger partial charge is 0.333 e. The van der Waals surface area contributed by atoms with Crippen LogP contribution in [0.2, 0.25) is 0 Å². The summed E-state index contributed by atoms with van der Waals surface area (Å²) in [5, 5.41) is 0. The molecule has 2 aliphatic rings. The lowest BCUT2D eigenvalue weighted by Crippen LogP contribution is -2.56. The number of carbonyl (C=O) groups excluding carboxylic acids is 6. The van der Waals surface area contributed by atoms with Crippen LogP contribution in [0.25, 0.3) is 0 Å². The maximum atomic E-state index is 12.3. The smallest absolute Gasteiger partial charge is 0.273 e. The molecule has 0 aromatic heterocycles. The van der Waals surface area contributed by atoms with Crippen LogP contribution in [0.1, 0.15) is 13.8 Å². The molecule has 0 aliphatic carbocycles. The van der Waals surface area contributed by atoms with Crippen LogP contribution in [0.15, 0.2) is 36.0 Å². The average molecular weight is 402 g/mol. The number of carbonyl (C=O) groups is 6. The number of imide groups is 4. The molecule has 2 aliphatic heterocycles. The number of hydrogen-bond donors (Lipinski definition) is 0. The van der Waals surface area contributed by atoms with Crippen LogP contribution in [0.5, 0.6) is 0 Å². The van der Waals surface area contributed by atoms with Crippen molar-refractivity contribution in [2.45, 2.75) is 13.8 Å². The molecule has 2 saturated heterocycles. The summed E-state index contributed by atoms with van der Waals surface area (Å²) in [7, 11) is 2.57. The summed E-state index contributed by atoms with van der Waals surface area (Å²) in [6.07, 6.45) is 6.85. The molecule has 10 heteroatoms. The van der Waals surface area contributed by atoms with E-state index in [-0.39, 0.29) is 18.7 Å². The first kappa shape index (κ1) is 21.7. The van der Waals surface area contributed by atoms with Crippen LogP contribution in [0.3, 0.4) is 0 Å². The molecule has 0 spiro atoms. The van der Waals surface area contributed by atoms with Gasteiger partial charge in [-0.1, -0.05) is 24.3 Å². The van der Waals surface area contributed by atoms with Gasteiger partial charge in [0.15, 0.2) is 0 Å². The molecule has 0 N–H and O–H groups in total. The van der Waals surface area contributed by atoms with Crippen LogP contribution in [0.4, 0.5) is 9.59 Å². The molecular formula is C19H22N4O6. The molecule has 0 bridgehead atoms. The number of barbiturate groups is 2. The third-order valence-electron chi connectivity index (χ3n) is 4.60. The van der Waals surface area contributed by atoms with E-state index >= 15 is 0 Å². The second-order valence-corrected chi connectivity index (χ2v) is 6.29. The van der Waals surface area contributed by atoms with Crippen molar-refractivity contribution >= 4 is 35.7 Å². The summed E-state index contributed by atoms with van der Waals surface area (Å²) in [5.41, 5.74) is -0.159. The highest BCUT2D eigenvalue weighted by molar-refractivity contribution is 6.28. The Labute approximate surface area is 167 Å². The zero-order valence-electron chi connectivity index (χ0n) is 16.6. The van der Waals surface area contributed by atoms with Crippen molar-refractivity contribution in [3.05, 3.63) is 36.0 Å². The monoisotopic (exact) mass is 402 g/mol. The van der Waals surface area contributed by atoms with Gasteiger partial charge in [-0.05, 0) is 19.9 Å². The molecule has 0 atom stereocenters. The maximum absolute atomic E-state index is 12.3. The van der Waals surface area contributed by atoms with Gasteiger partial charge >= 0.3 is 12.1 Å². The molecule has 0 saturated carbocycles. The quantitative estimate of drug-likeness (QED) is 0.287. The molecule has 0 aromatic rings. The third-order valence-corrected chi connectivity index (χ3v) is 4.60. The van der Waals surface area contributed by atoms with Gasteiger partial charge in [0.2, 0.25) is 11.8 Å². The zero-order chi connectivity index (χ0) is 21.9. The number of amides is 8. The molecule has 154 valence electrons. The van der Waals surface area contributed by atoms with E-state index in [4.69, 9.17) is 0 Å². The number of urea groups is 2. The third kappa shape index (κ3) is 3.86. The fourth-order valence-corrected chi connectivity index (χ4v) is 2.89. The highest BCUT2D eigenvalue weighted by Gasteiger charge is 2.41. The van der Waals surface area contributed by atoms with Gasteiger partial charge in [0.25, 0.3) is 11.8 Å². The predicted molar refractivity (Wildman–Crippen MR) is 101 cm³/mol. The van der Waals surface area contributed by atoms with Crippen LogP contribution in [-0.2, 0) is 19.2 Å². The standard InChI is InChI=1S/C19H22N4O6/c1-5-22-16(26)13(17(27)23(6-2)19(22)29)11-9-7-8-10-12-14(24)20(3)18(28)21(4)15(12)25/h7-12H,5-6H2,1-4H3/b9-7+,10-8?. The first-order chi connectivity index (χ1) is 13.7. The van der Waals surface area contributed by atoms with Gasteiger partial charge in [0.05, 0.1) is 0 Å². The Balaban J connectivity index is 2.18. The summed E-state index contributed by atoms with van der Waals surface area (Å²) < 4.78 is 0. The van der Waals surface area contributed by atoms with Crippen molar-refractivity contribution in [2.75, 3.05) is 27.2 Å². The van der Waals surface area contributed by atoms with Crippen molar-refractivity contribution in [1.29, 1.82) is 0 Å². The van der Waals surface area contributed by atoms with Crippen molar-refractivity contribution in [3.63, 3.8) is 0 Å². The fourth-order valence-electron chi connectivity index (χ4n) is 2.89. The highest BCUT2D eigenvalue weighted by Crippen LogP contribution is 2.18. The lowest BCUT2D eigenvalue weighted by atomic mass is 10.0. The molecule has 2 fully saturated rings. The van der Waals surface area contributed by atoms with E-state index in [9.17, 15) is 28.8 Å². The second kappa shape index (κ2) is 8.63. The Morgan fingerprint density at radius 3 is 1.66 bits per heavy atom. The highest BCUT2D eigenvalue weighted by atomic mass is 16.2. The van der Waals surface area contributed by atoms with Gasteiger partial charge in [-0.15, -0.1) is 0 Å². The van der Waals surface area contributed by atoms with E-state index < -0.39 is 41.6 Å². The molecule has 2 rings (SSSR count). The zero-order valence-corrected chi connectivity index (χ0v) is 16.6. The van der Waals surface area contributed by atoms with E-state index in [1.165, 1.54) is 44.5 Å². The van der Waals surface area contributed by atoms with Crippen LogP contribution < -0.4 is 0 Å². The minimum absolute atomic E-state index is 0.133. The van der Waals surface area contributed by atoms with Gasteiger partial charge in [0, 0.05) is 27.2 Å². The Hall–Kier alpha value is -3.56. The first-order valence-electron chi connectivity index (χ1n) is 8.99. The number of hydrogen-bond acceptors (Lipinski definition) is 6. The van der Waals surface area contributed by atoms with Gasteiger partial charge in [-0.2, -0.15) is 0 Å². The number of rotatable bonds is 5. The summed E-state index contributed by atoms with van der Waals surface area (Å²) in [6, 6.07) is -1.35. The molecule has 10 nitrogen and oxygen atoms in total. The van der Waals surface area contributed by atoms with Gasteiger partial charge in [0.1, 0.15) is 11.5 Å². The van der Waals surface area contributed by atoms with Gasteiger partial charge in [-0.25, -0.2) is 9.59 Å². The normalized spacial score (nSPS) is 19.7. The van der Waals surface area contributed by atoms with Crippen molar-refractivity contribution < 1.29 is 28.8 Å². The molecule has 0 aromatic carbocycles. The van der Waals surface area contributed by atoms with Gasteiger partial charge < -0.3 is 0 Å². The van der Waals surface area contributed by atoms with Crippen LogP contribution in [0, 0.1) is 5.92 Å². The lowest BCUT2D eigenvalue weighted by Gasteiger charge is -2.32. The summed E-state index contributed by atoms with van der Waals surface area (Å²) in [6.45, 7) is 3.53. The van der Waals surface area contributed by atoms with E-state index in [1.54, 1.807) is 13.8 Å².